The van der Waals surface area contributed by atoms with Gasteiger partial charge in [-0.05, 0) is 12.1 Å². The molecule has 0 unspecified atom stereocenters. The van der Waals surface area contributed by atoms with Gasteiger partial charge in [-0.15, -0.1) is 0 Å². The van der Waals surface area contributed by atoms with Crippen molar-refractivity contribution in [1.82, 2.24) is 0 Å². The molecule has 1 N–H and O–H groups in total. The maximum absolute atomic E-state index is 8.65. The maximum atomic E-state index is 8.65. The summed E-state index contributed by atoms with van der Waals surface area (Å²) in [6.07, 6.45) is 1.03. The van der Waals surface area contributed by atoms with Crippen molar-refractivity contribution in [2.75, 3.05) is 6.79 Å². The second-order valence-corrected chi connectivity index (χ2v) is 2.24. The summed E-state index contributed by atoms with van der Waals surface area (Å²) in [5.41, 5.74) is 0.717. The Hall–Kier alpha value is -1.51. The minimum atomic E-state index is 0.268. The largest absolute Gasteiger partial charge is 0.454 e. The third-order valence-electron chi connectivity index (χ3n) is 1.55. The fourth-order valence-electron chi connectivity index (χ4n) is 0.993. The first-order valence-electron chi connectivity index (χ1n) is 3.27. The third-order valence-corrected chi connectivity index (χ3v) is 1.55. The summed E-state index contributed by atoms with van der Waals surface area (Å²) >= 11 is 0. The molecule has 0 bridgehead atoms. The van der Waals surface area contributed by atoms with E-state index in [1.807, 2.05) is 0 Å². The first-order chi connectivity index (χ1) is 5.40. The van der Waals surface area contributed by atoms with Crippen LogP contribution in [0.25, 0.3) is 0 Å². The highest BCUT2D eigenvalue weighted by Gasteiger charge is 2.13. The van der Waals surface area contributed by atoms with Crippen molar-refractivity contribution in [2.45, 2.75) is 0 Å². The van der Waals surface area contributed by atoms with Gasteiger partial charge in [-0.25, -0.2) is 0 Å². The molecule has 0 aromatic heterocycles. The van der Waals surface area contributed by atoms with Crippen LogP contribution in [0.2, 0.25) is 0 Å². The van der Waals surface area contributed by atoms with Gasteiger partial charge in [0.2, 0.25) is 6.79 Å². The van der Waals surface area contributed by atoms with Crippen molar-refractivity contribution in [3.63, 3.8) is 0 Å². The normalized spacial score (nSPS) is 13.1. The van der Waals surface area contributed by atoms with Gasteiger partial charge in [0, 0.05) is 6.07 Å². The highest BCUT2D eigenvalue weighted by molar-refractivity contribution is 5.77. The van der Waals surface area contributed by atoms with Gasteiger partial charge >= 0.3 is 6.29 Å². The fourth-order valence-corrected chi connectivity index (χ4v) is 0.993. The van der Waals surface area contributed by atoms with E-state index in [1.165, 1.54) is 0 Å². The van der Waals surface area contributed by atoms with Crippen LogP contribution in [0.4, 0.5) is 0 Å². The van der Waals surface area contributed by atoms with E-state index in [1.54, 1.807) is 18.2 Å². The molecule has 0 amide bonds. The summed E-state index contributed by atoms with van der Waals surface area (Å²) < 4.78 is 10.2. The Morgan fingerprint density at radius 3 is 2.91 bits per heavy atom. The molecule has 0 saturated carbocycles. The Labute approximate surface area is 63.5 Å². The summed E-state index contributed by atoms with van der Waals surface area (Å²) in [5, 5.41) is 0. The van der Waals surface area contributed by atoms with Gasteiger partial charge in [0.15, 0.2) is 11.5 Å². The SMILES string of the molecule is [OH+]=Cc1ccc2c(c1)OCO2. The molecular weight excluding hydrogens is 144 g/mol. The quantitative estimate of drug-likeness (QED) is 0.442. The lowest BCUT2D eigenvalue weighted by molar-refractivity contribution is 0.174. The summed E-state index contributed by atoms with van der Waals surface area (Å²) in [7, 11) is 0. The van der Waals surface area contributed by atoms with Crippen LogP contribution in [0.15, 0.2) is 18.2 Å². The number of ether oxygens (including phenoxy) is 2. The molecule has 3 nitrogen and oxygen atoms in total. The lowest BCUT2D eigenvalue weighted by Gasteiger charge is -1.92. The van der Waals surface area contributed by atoms with Gasteiger partial charge in [-0.3, -0.25) is 4.79 Å². The zero-order valence-corrected chi connectivity index (χ0v) is 5.78. The second-order valence-electron chi connectivity index (χ2n) is 2.24. The van der Waals surface area contributed by atoms with Crippen LogP contribution in [-0.4, -0.2) is 17.9 Å². The molecule has 0 saturated heterocycles. The standard InChI is InChI=1S/C8H6O3/c9-4-6-1-2-7-8(3-6)11-5-10-7/h1-4H,5H2/p+1. The number of benzene rings is 1. The van der Waals surface area contributed by atoms with Crippen molar-refractivity contribution in [1.29, 1.82) is 0 Å². The average molecular weight is 151 g/mol. The smallest absolute Gasteiger partial charge is 0.312 e. The van der Waals surface area contributed by atoms with E-state index in [0.29, 0.717) is 11.3 Å². The van der Waals surface area contributed by atoms with Gasteiger partial charge in [0.25, 0.3) is 0 Å². The molecule has 1 aliphatic heterocycles. The Morgan fingerprint density at radius 1 is 1.27 bits per heavy atom. The van der Waals surface area contributed by atoms with E-state index in [-0.39, 0.29) is 6.79 Å². The minimum absolute atomic E-state index is 0.268. The van der Waals surface area contributed by atoms with E-state index in [9.17, 15) is 0 Å². The summed E-state index contributed by atoms with van der Waals surface area (Å²) in [6.45, 7) is 0.268. The van der Waals surface area contributed by atoms with E-state index >= 15 is 0 Å². The number of fused-ring (bicyclic) bond motifs is 1. The molecule has 0 fully saturated rings. The Balaban J connectivity index is 2.48. The maximum Gasteiger partial charge on any atom is 0.312 e. The molecule has 2 rings (SSSR count). The van der Waals surface area contributed by atoms with Crippen LogP contribution in [0.3, 0.4) is 0 Å². The second kappa shape index (κ2) is 2.27. The molecular formula is C8H7O3+. The van der Waals surface area contributed by atoms with Crippen LogP contribution in [0.5, 0.6) is 11.5 Å². The number of hydrogen-bond donors (Lipinski definition) is 0. The van der Waals surface area contributed by atoms with Crippen LogP contribution in [0.1, 0.15) is 5.56 Å². The monoisotopic (exact) mass is 151 g/mol. The van der Waals surface area contributed by atoms with E-state index in [2.05, 4.69) is 0 Å². The number of hydrogen-bond acceptors (Lipinski definition) is 2. The van der Waals surface area contributed by atoms with Crippen molar-refractivity contribution < 1.29 is 14.3 Å². The number of carbonyl (C=O) groups excluding carboxylic acids is 1. The number of rotatable bonds is 1. The molecule has 1 aromatic rings. The van der Waals surface area contributed by atoms with Gasteiger partial charge in [0.05, 0.1) is 5.56 Å². The zero-order valence-electron chi connectivity index (χ0n) is 5.78. The Kier molecular flexibility index (Phi) is 1.28. The molecule has 0 radical (unpaired) electrons. The van der Waals surface area contributed by atoms with Crippen molar-refractivity contribution in [2.24, 2.45) is 0 Å². The van der Waals surface area contributed by atoms with Gasteiger partial charge in [-0.1, -0.05) is 0 Å². The number of aldehydes is 1. The summed E-state index contributed by atoms with van der Waals surface area (Å²) in [6, 6.07) is 5.25. The molecule has 0 aliphatic carbocycles. The molecule has 3 heteroatoms. The average Bonchev–Trinajstić information content (AvgIpc) is 2.50. The van der Waals surface area contributed by atoms with E-state index in [0.717, 1.165) is 12.0 Å². The van der Waals surface area contributed by atoms with Crippen LogP contribution in [0, 0.1) is 0 Å². The van der Waals surface area contributed by atoms with Crippen LogP contribution in [-0.2, 0) is 0 Å². The predicted molar refractivity (Wildman–Crippen MR) is 39.7 cm³/mol. The minimum Gasteiger partial charge on any atom is -0.454 e. The molecule has 56 valence electrons. The summed E-state index contributed by atoms with van der Waals surface area (Å²) in [5.74, 6) is 1.42. The highest BCUT2D eigenvalue weighted by atomic mass is 16.7. The molecule has 1 aromatic carbocycles. The van der Waals surface area contributed by atoms with E-state index in [4.69, 9.17) is 14.3 Å². The van der Waals surface area contributed by atoms with Crippen molar-refractivity contribution >= 4 is 6.29 Å². The fraction of sp³-hybridized carbons (Fsp3) is 0.125. The van der Waals surface area contributed by atoms with Gasteiger partial charge in [0.1, 0.15) is 0 Å². The lowest BCUT2D eigenvalue weighted by Crippen LogP contribution is -1.92. The molecule has 0 spiro atoms. The molecule has 11 heavy (non-hydrogen) atoms. The van der Waals surface area contributed by atoms with Crippen molar-refractivity contribution in [3.05, 3.63) is 23.8 Å². The molecule has 1 heterocycles. The first-order valence-corrected chi connectivity index (χ1v) is 3.27. The van der Waals surface area contributed by atoms with E-state index < -0.39 is 0 Å². The molecule has 0 atom stereocenters. The lowest BCUT2D eigenvalue weighted by atomic mass is 10.2. The van der Waals surface area contributed by atoms with Crippen molar-refractivity contribution in [3.8, 4) is 11.5 Å². The molecule has 1 aliphatic rings. The Morgan fingerprint density at radius 2 is 2.09 bits per heavy atom. The van der Waals surface area contributed by atoms with Crippen LogP contribution >= 0.6 is 0 Å². The summed E-state index contributed by atoms with van der Waals surface area (Å²) in [4.78, 5) is 8.65. The first kappa shape index (κ1) is 6.22. The third kappa shape index (κ3) is 0.941. The van der Waals surface area contributed by atoms with Crippen LogP contribution < -0.4 is 9.47 Å². The van der Waals surface area contributed by atoms with Gasteiger partial charge < -0.3 is 9.47 Å². The zero-order chi connectivity index (χ0) is 7.68. The topological polar surface area (TPSA) is 39.9 Å². The highest BCUT2D eigenvalue weighted by Crippen LogP contribution is 2.31. The van der Waals surface area contributed by atoms with Gasteiger partial charge in [-0.2, -0.15) is 0 Å². The Bertz CT molecular complexity index is 293. The predicted octanol–water partition coefficient (Wildman–Crippen LogP) is 0.938.